The molecule has 0 atom stereocenters. The van der Waals surface area contributed by atoms with Gasteiger partial charge in [0.05, 0.1) is 5.69 Å². The Balaban J connectivity index is 1.68. The summed E-state index contributed by atoms with van der Waals surface area (Å²) >= 11 is 0. The third kappa shape index (κ3) is 14.3. The summed E-state index contributed by atoms with van der Waals surface area (Å²) in [6.07, 6.45) is 27.7. The van der Waals surface area contributed by atoms with Crippen LogP contribution in [0.25, 0.3) is 0 Å². The summed E-state index contributed by atoms with van der Waals surface area (Å²) in [4.78, 5) is 0. The maximum Gasteiger partial charge on any atom is 0.0796 e. The largest absolute Gasteiger partial charge is 0.252 e. The van der Waals surface area contributed by atoms with Gasteiger partial charge in [0.15, 0.2) is 0 Å². The van der Waals surface area contributed by atoms with Crippen LogP contribution in [0.5, 0.6) is 0 Å². The molecule has 0 bridgehead atoms. The highest BCUT2D eigenvalue weighted by atomic mass is 15.4. The normalized spacial score (nSPS) is 11.3. The first-order chi connectivity index (χ1) is 12.8. The molecule has 0 unspecified atom stereocenters. The molecule has 0 aliphatic heterocycles. The Morgan fingerprint density at radius 2 is 1.00 bits per heavy atom. The number of hydrogen-bond acceptors (Lipinski definition) is 2. The first-order valence-electron chi connectivity index (χ1n) is 11.7. The summed E-state index contributed by atoms with van der Waals surface area (Å²) in [5.41, 5.74) is 1.02. The summed E-state index contributed by atoms with van der Waals surface area (Å²) in [6, 6.07) is 0. The molecule has 1 rings (SSSR count). The predicted octanol–water partition coefficient (Wildman–Crippen LogP) is 7.63. The number of aryl methyl sites for hydroxylation is 2. The maximum atomic E-state index is 4.10. The summed E-state index contributed by atoms with van der Waals surface area (Å²) in [7, 11) is 0. The molecule has 26 heavy (non-hydrogen) atoms. The van der Waals surface area contributed by atoms with E-state index in [0.717, 1.165) is 12.2 Å². The second-order valence-electron chi connectivity index (χ2n) is 8.13. The monoisotopic (exact) mass is 363 g/mol. The quantitative estimate of drug-likeness (QED) is 0.236. The Kier molecular flexibility index (Phi) is 15.6. The Morgan fingerprint density at radius 1 is 0.615 bits per heavy atom. The lowest BCUT2D eigenvalue weighted by molar-refractivity contribution is 0.503. The van der Waals surface area contributed by atoms with E-state index in [4.69, 9.17) is 0 Å². The molecule has 3 nitrogen and oxygen atoms in total. The third-order valence-corrected chi connectivity index (χ3v) is 5.39. The van der Waals surface area contributed by atoms with Crippen molar-refractivity contribution in [3.8, 4) is 0 Å². The van der Waals surface area contributed by atoms with Crippen molar-refractivity contribution >= 4 is 0 Å². The van der Waals surface area contributed by atoms with E-state index in [-0.39, 0.29) is 0 Å². The van der Waals surface area contributed by atoms with E-state index in [1.165, 1.54) is 116 Å². The van der Waals surface area contributed by atoms with E-state index in [0.29, 0.717) is 0 Å². The molecule has 0 aromatic carbocycles. The predicted molar refractivity (Wildman–Crippen MR) is 114 cm³/mol. The maximum absolute atomic E-state index is 4.10. The van der Waals surface area contributed by atoms with Gasteiger partial charge in [-0.15, -0.1) is 5.10 Å². The van der Waals surface area contributed by atoms with Crippen molar-refractivity contribution in [2.75, 3.05) is 0 Å². The molecule has 0 amide bonds. The fourth-order valence-corrected chi connectivity index (χ4v) is 3.68. The Morgan fingerprint density at radius 3 is 1.35 bits per heavy atom. The van der Waals surface area contributed by atoms with Crippen LogP contribution in [-0.4, -0.2) is 15.0 Å². The smallest absolute Gasteiger partial charge is 0.0796 e. The van der Waals surface area contributed by atoms with Gasteiger partial charge in [0, 0.05) is 12.7 Å². The van der Waals surface area contributed by atoms with E-state index < -0.39 is 0 Å². The van der Waals surface area contributed by atoms with Gasteiger partial charge in [0.1, 0.15) is 0 Å². The molecule has 0 saturated carbocycles. The zero-order chi connectivity index (χ0) is 18.7. The van der Waals surface area contributed by atoms with Crippen LogP contribution >= 0.6 is 0 Å². The molecular formula is C23H45N3. The number of aromatic nitrogens is 3. The molecule has 0 radical (unpaired) electrons. The zero-order valence-corrected chi connectivity index (χ0v) is 17.9. The lowest BCUT2D eigenvalue weighted by atomic mass is 10.0. The lowest BCUT2D eigenvalue weighted by Crippen LogP contribution is -1.98. The molecule has 0 fully saturated rings. The van der Waals surface area contributed by atoms with Crippen LogP contribution in [0, 0.1) is 6.92 Å². The second kappa shape index (κ2) is 17.5. The van der Waals surface area contributed by atoms with Crippen LogP contribution in [-0.2, 0) is 6.54 Å². The van der Waals surface area contributed by atoms with Crippen molar-refractivity contribution < 1.29 is 0 Å². The minimum Gasteiger partial charge on any atom is -0.252 e. The van der Waals surface area contributed by atoms with E-state index in [9.17, 15) is 0 Å². The Labute approximate surface area is 163 Å². The van der Waals surface area contributed by atoms with Crippen LogP contribution in [0.2, 0.25) is 0 Å². The van der Waals surface area contributed by atoms with Gasteiger partial charge in [-0.1, -0.05) is 121 Å². The minimum atomic E-state index is 1.02. The van der Waals surface area contributed by atoms with E-state index >= 15 is 0 Å². The van der Waals surface area contributed by atoms with Gasteiger partial charge in [0.25, 0.3) is 0 Å². The second-order valence-corrected chi connectivity index (χ2v) is 8.13. The molecule has 0 spiro atoms. The third-order valence-electron chi connectivity index (χ3n) is 5.39. The summed E-state index contributed by atoms with van der Waals surface area (Å²) < 4.78 is 1.97. The van der Waals surface area contributed by atoms with Crippen LogP contribution in [0.3, 0.4) is 0 Å². The van der Waals surface area contributed by atoms with Crippen LogP contribution in [0.4, 0.5) is 0 Å². The first-order valence-corrected chi connectivity index (χ1v) is 11.7. The van der Waals surface area contributed by atoms with Crippen molar-refractivity contribution in [2.24, 2.45) is 0 Å². The number of rotatable bonds is 19. The highest BCUT2D eigenvalue weighted by Gasteiger charge is 1.97. The highest BCUT2D eigenvalue weighted by Crippen LogP contribution is 2.14. The Hall–Kier alpha value is -0.860. The average Bonchev–Trinajstić information content (AvgIpc) is 3.06. The molecule has 0 aliphatic carbocycles. The van der Waals surface area contributed by atoms with Crippen molar-refractivity contribution in [1.82, 2.24) is 15.0 Å². The van der Waals surface area contributed by atoms with Crippen molar-refractivity contribution in [1.29, 1.82) is 0 Å². The van der Waals surface area contributed by atoms with Crippen LogP contribution < -0.4 is 0 Å². The van der Waals surface area contributed by atoms with Gasteiger partial charge in [-0.2, -0.15) is 0 Å². The molecule has 0 saturated heterocycles. The van der Waals surface area contributed by atoms with Crippen molar-refractivity contribution in [2.45, 2.75) is 136 Å². The van der Waals surface area contributed by atoms with Gasteiger partial charge >= 0.3 is 0 Å². The summed E-state index contributed by atoms with van der Waals surface area (Å²) in [5.74, 6) is 0. The first kappa shape index (κ1) is 23.2. The standard InChI is InChI=1S/C23H45N3/c1-3-4-5-6-7-8-9-10-11-12-13-14-15-16-17-18-19-20-21-26-22-23(2)24-25-26/h22H,3-21H2,1-2H3. The SMILES string of the molecule is CCCCCCCCCCCCCCCCCCCCn1cc(C)nn1. The topological polar surface area (TPSA) is 30.7 Å². The fraction of sp³-hybridized carbons (Fsp3) is 0.913. The van der Waals surface area contributed by atoms with E-state index in [1.807, 2.05) is 17.8 Å². The van der Waals surface area contributed by atoms with Gasteiger partial charge in [0.2, 0.25) is 0 Å². The molecule has 0 aliphatic rings. The van der Waals surface area contributed by atoms with Crippen molar-refractivity contribution in [3.63, 3.8) is 0 Å². The molecule has 152 valence electrons. The zero-order valence-electron chi connectivity index (χ0n) is 17.9. The van der Waals surface area contributed by atoms with Crippen molar-refractivity contribution in [3.05, 3.63) is 11.9 Å². The molecule has 1 aromatic rings. The van der Waals surface area contributed by atoms with Gasteiger partial charge in [-0.05, 0) is 13.3 Å². The Bertz CT molecular complexity index is 400. The molecule has 3 heteroatoms. The van der Waals surface area contributed by atoms with Gasteiger partial charge in [-0.3, -0.25) is 4.68 Å². The van der Waals surface area contributed by atoms with E-state index in [2.05, 4.69) is 17.2 Å². The molecule has 0 N–H and O–H groups in total. The molecule has 1 aromatic heterocycles. The summed E-state index contributed by atoms with van der Waals surface area (Å²) in [6.45, 7) is 5.32. The summed E-state index contributed by atoms with van der Waals surface area (Å²) in [5, 5.41) is 8.12. The molecular weight excluding hydrogens is 318 g/mol. The van der Waals surface area contributed by atoms with Gasteiger partial charge < -0.3 is 0 Å². The van der Waals surface area contributed by atoms with E-state index in [1.54, 1.807) is 0 Å². The lowest BCUT2D eigenvalue weighted by Gasteiger charge is -2.04. The highest BCUT2D eigenvalue weighted by molar-refractivity contribution is 4.86. The molecule has 1 heterocycles. The fourth-order valence-electron chi connectivity index (χ4n) is 3.68. The van der Waals surface area contributed by atoms with Gasteiger partial charge in [-0.25, -0.2) is 0 Å². The average molecular weight is 364 g/mol. The number of hydrogen-bond donors (Lipinski definition) is 0. The van der Waals surface area contributed by atoms with Crippen LogP contribution in [0.1, 0.15) is 128 Å². The number of nitrogens with zero attached hydrogens (tertiary/aromatic N) is 3. The minimum absolute atomic E-state index is 1.02. The van der Waals surface area contributed by atoms with Crippen LogP contribution in [0.15, 0.2) is 6.20 Å². The number of unbranched alkanes of at least 4 members (excludes halogenated alkanes) is 17.